The molecule has 0 aliphatic heterocycles. The number of carbonyl (C=O) groups excluding carboxylic acids is 4. The summed E-state index contributed by atoms with van der Waals surface area (Å²) in [6.45, 7) is 10.7. The molecule has 218 valence electrons. The second kappa shape index (κ2) is 15.6. The predicted molar refractivity (Wildman–Crippen MR) is 147 cm³/mol. The highest BCUT2D eigenvalue weighted by Crippen LogP contribution is 2.30. The maximum Gasteiger partial charge on any atom is 0.514 e. The molecule has 0 amide bonds. The highest BCUT2D eigenvalue weighted by Gasteiger charge is 2.25. The maximum absolute atomic E-state index is 12.7. The molecule has 2 aromatic carbocycles. The van der Waals surface area contributed by atoms with Gasteiger partial charge in [-0.05, 0) is 61.9 Å². The molecule has 3 atom stereocenters. The first-order valence-corrected chi connectivity index (χ1v) is 13.3. The van der Waals surface area contributed by atoms with Crippen LogP contribution in [0.1, 0.15) is 59.9 Å². The normalized spacial score (nSPS) is 13.2. The summed E-state index contributed by atoms with van der Waals surface area (Å²) in [5, 5.41) is 0. The van der Waals surface area contributed by atoms with Crippen molar-refractivity contribution < 1.29 is 42.9 Å². The van der Waals surface area contributed by atoms with Crippen molar-refractivity contribution in [3.8, 4) is 17.2 Å². The first kappa shape index (κ1) is 32.3. The molecule has 2 N–H and O–H groups in total. The van der Waals surface area contributed by atoms with Crippen LogP contribution in [0.25, 0.3) is 0 Å². The first-order valence-electron chi connectivity index (χ1n) is 13.3. The lowest BCUT2D eigenvalue weighted by Gasteiger charge is -2.22. The van der Waals surface area contributed by atoms with E-state index < -0.39 is 42.3 Å². The molecule has 0 saturated carbocycles. The quantitative estimate of drug-likeness (QED) is 0.203. The molecule has 0 aliphatic carbocycles. The summed E-state index contributed by atoms with van der Waals surface area (Å²) in [6, 6.07) is 12.0. The number of para-hydroxylation sites is 1. The Balaban J connectivity index is 2.02. The van der Waals surface area contributed by atoms with Crippen molar-refractivity contribution in [2.75, 3.05) is 0 Å². The molecular weight excluding hydrogens is 518 g/mol. The van der Waals surface area contributed by atoms with Crippen LogP contribution in [0.3, 0.4) is 0 Å². The number of hydrogen-bond donors (Lipinski definition) is 1. The average molecular weight is 558 g/mol. The van der Waals surface area contributed by atoms with Crippen molar-refractivity contribution in [3.05, 3.63) is 54.1 Å². The summed E-state index contributed by atoms with van der Waals surface area (Å²) < 4.78 is 26.6. The van der Waals surface area contributed by atoms with Crippen LogP contribution in [-0.4, -0.2) is 42.3 Å². The van der Waals surface area contributed by atoms with Crippen molar-refractivity contribution in [2.24, 2.45) is 17.6 Å². The Bertz CT molecular complexity index is 1150. The predicted octanol–water partition coefficient (Wildman–Crippen LogP) is 5.00. The molecule has 0 fully saturated rings. The van der Waals surface area contributed by atoms with Crippen molar-refractivity contribution in [1.29, 1.82) is 0 Å². The molecule has 0 heterocycles. The SMILES string of the molecule is CC(C)CC(=O)Oc1ccc(C[C@H](N)C(=O)O[C@@H](C)[C@H](C)OC(=O)Oc2ccccc2)cc1OC(=O)CC(C)C. The third-order valence-corrected chi connectivity index (χ3v) is 5.55. The van der Waals surface area contributed by atoms with Crippen LogP contribution in [-0.2, 0) is 30.3 Å². The van der Waals surface area contributed by atoms with E-state index in [-0.39, 0.29) is 42.6 Å². The highest BCUT2D eigenvalue weighted by molar-refractivity contribution is 5.77. The van der Waals surface area contributed by atoms with Crippen molar-refractivity contribution in [1.82, 2.24) is 0 Å². The van der Waals surface area contributed by atoms with Gasteiger partial charge in [-0.1, -0.05) is 52.0 Å². The molecule has 2 aromatic rings. The van der Waals surface area contributed by atoms with Gasteiger partial charge >= 0.3 is 24.1 Å². The van der Waals surface area contributed by atoms with Crippen LogP contribution in [0, 0.1) is 11.8 Å². The van der Waals surface area contributed by atoms with Crippen LogP contribution in [0.2, 0.25) is 0 Å². The van der Waals surface area contributed by atoms with Gasteiger partial charge in [0.1, 0.15) is 24.0 Å². The van der Waals surface area contributed by atoms with Crippen molar-refractivity contribution >= 4 is 24.1 Å². The molecule has 0 bridgehead atoms. The molecule has 0 radical (unpaired) electrons. The number of benzene rings is 2. The maximum atomic E-state index is 12.7. The molecule has 0 aliphatic rings. The van der Waals surface area contributed by atoms with Crippen LogP contribution >= 0.6 is 0 Å². The second-order valence-electron chi connectivity index (χ2n) is 10.4. The number of hydrogen-bond acceptors (Lipinski definition) is 10. The van der Waals surface area contributed by atoms with Gasteiger partial charge in [0, 0.05) is 12.8 Å². The third-order valence-electron chi connectivity index (χ3n) is 5.55. The van der Waals surface area contributed by atoms with E-state index in [0.29, 0.717) is 11.3 Å². The van der Waals surface area contributed by atoms with Crippen LogP contribution in [0.15, 0.2) is 48.5 Å². The summed E-state index contributed by atoms with van der Waals surface area (Å²) in [6.07, 6.45) is -2.13. The largest absolute Gasteiger partial charge is 0.514 e. The lowest BCUT2D eigenvalue weighted by Crippen LogP contribution is -2.39. The van der Waals surface area contributed by atoms with Crippen molar-refractivity contribution in [2.45, 2.75) is 79.1 Å². The fourth-order valence-corrected chi connectivity index (χ4v) is 3.40. The fraction of sp³-hybridized carbons (Fsp3) is 0.467. The lowest BCUT2D eigenvalue weighted by molar-refractivity contribution is -0.155. The Kier molecular flexibility index (Phi) is 12.6. The molecule has 0 unspecified atom stereocenters. The molecule has 0 spiro atoms. The Morgan fingerprint density at radius 1 is 0.700 bits per heavy atom. The molecule has 2 rings (SSSR count). The minimum Gasteiger partial charge on any atom is -0.458 e. The van der Waals surface area contributed by atoms with E-state index in [2.05, 4.69) is 0 Å². The molecule has 10 nitrogen and oxygen atoms in total. The molecule has 0 aromatic heterocycles. The molecule has 10 heteroatoms. The molecule has 40 heavy (non-hydrogen) atoms. The van der Waals surface area contributed by atoms with Gasteiger partial charge in [0.15, 0.2) is 11.5 Å². The van der Waals surface area contributed by atoms with Crippen LogP contribution in [0.5, 0.6) is 17.2 Å². The van der Waals surface area contributed by atoms with Gasteiger partial charge in [-0.25, -0.2) is 4.79 Å². The first-order chi connectivity index (χ1) is 18.8. The van der Waals surface area contributed by atoms with E-state index in [1.807, 2.05) is 27.7 Å². The number of rotatable bonds is 13. The van der Waals surface area contributed by atoms with Gasteiger partial charge in [-0.3, -0.25) is 14.4 Å². The topological polar surface area (TPSA) is 140 Å². The van der Waals surface area contributed by atoms with Gasteiger partial charge in [0.05, 0.1) is 0 Å². The van der Waals surface area contributed by atoms with E-state index >= 15 is 0 Å². The molecule has 0 saturated heterocycles. The summed E-state index contributed by atoms with van der Waals surface area (Å²) in [4.78, 5) is 49.3. The van der Waals surface area contributed by atoms with Gasteiger partial charge in [-0.15, -0.1) is 0 Å². The monoisotopic (exact) mass is 557 g/mol. The zero-order valence-electron chi connectivity index (χ0n) is 23.9. The van der Waals surface area contributed by atoms with Gasteiger partial charge in [0.25, 0.3) is 0 Å². The standard InChI is InChI=1S/C30H39NO9/c1-18(2)14-27(32)39-25-13-12-22(17-26(25)40-28(33)15-19(3)4)16-24(31)29(34)36-20(5)21(6)37-30(35)38-23-10-8-7-9-11-23/h7-13,17-21,24H,14-16,31H2,1-6H3/t20-,21-,24-/m0/s1. The lowest BCUT2D eigenvalue weighted by atomic mass is 10.1. The summed E-state index contributed by atoms with van der Waals surface area (Å²) >= 11 is 0. The van der Waals surface area contributed by atoms with E-state index in [1.165, 1.54) is 12.1 Å². The minimum absolute atomic E-state index is 0.0474. The second-order valence-corrected chi connectivity index (χ2v) is 10.4. The summed E-state index contributed by atoms with van der Waals surface area (Å²) in [7, 11) is 0. The zero-order chi connectivity index (χ0) is 29.8. The van der Waals surface area contributed by atoms with E-state index in [4.69, 9.17) is 29.4 Å². The average Bonchev–Trinajstić information content (AvgIpc) is 2.85. The van der Waals surface area contributed by atoms with E-state index in [9.17, 15) is 19.2 Å². The van der Waals surface area contributed by atoms with Crippen molar-refractivity contribution in [3.63, 3.8) is 0 Å². The summed E-state index contributed by atoms with van der Waals surface area (Å²) in [5.41, 5.74) is 6.65. The Hall–Kier alpha value is -3.92. The number of ether oxygens (including phenoxy) is 5. The van der Waals surface area contributed by atoms with Crippen LogP contribution in [0.4, 0.5) is 4.79 Å². The minimum atomic E-state index is -1.07. The highest BCUT2D eigenvalue weighted by atomic mass is 16.7. The Labute approximate surface area is 235 Å². The van der Waals surface area contributed by atoms with Gasteiger partial charge < -0.3 is 29.4 Å². The van der Waals surface area contributed by atoms with Gasteiger partial charge in [-0.2, -0.15) is 0 Å². The summed E-state index contributed by atoms with van der Waals surface area (Å²) in [5.74, 6) is -1.01. The number of esters is 3. The zero-order valence-corrected chi connectivity index (χ0v) is 23.9. The smallest absolute Gasteiger partial charge is 0.458 e. The van der Waals surface area contributed by atoms with E-state index in [0.717, 1.165) is 0 Å². The van der Waals surface area contributed by atoms with Crippen LogP contribution < -0.4 is 19.9 Å². The third kappa shape index (κ3) is 11.4. The number of carbonyl (C=O) groups is 4. The fourth-order valence-electron chi connectivity index (χ4n) is 3.40. The Morgan fingerprint density at radius 3 is 1.82 bits per heavy atom. The Morgan fingerprint density at radius 2 is 1.25 bits per heavy atom. The van der Waals surface area contributed by atoms with Gasteiger partial charge in [0.2, 0.25) is 0 Å². The van der Waals surface area contributed by atoms with E-state index in [1.54, 1.807) is 50.2 Å². The number of nitrogens with two attached hydrogens (primary N) is 1. The molecular formula is C30H39NO9.